The third-order valence-corrected chi connectivity index (χ3v) is 2.14. The SMILES string of the molecule is CC(C)N(C)c1cnc(C(N)=NO)cn1. The lowest BCUT2D eigenvalue weighted by Crippen LogP contribution is -2.27. The lowest BCUT2D eigenvalue weighted by atomic mass is 10.3. The molecule has 0 aliphatic heterocycles. The van der Waals surface area contributed by atoms with Gasteiger partial charge in [0.2, 0.25) is 0 Å². The fraction of sp³-hybridized carbons (Fsp3) is 0.444. The lowest BCUT2D eigenvalue weighted by Gasteiger charge is -2.21. The molecule has 0 aliphatic rings. The van der Waals surface area contributed by atoms with Gasteiger partial charge in [-0.3, -0.25) is 0 Å². The molecule has 0 radical (unpaired) electrons. The van der Waals surface area contributed by atoms with E-state index in [1.807, 2.05) is 11.9 Å². The number of aromatic nitrogens is 2. The van der Waals surface area contributed by atoms with Crippen molar-refractivity contribution in [3.05, 3.63) is 18.1 Å². The lowest BCUT2D eigenvalue weighted by molar-refractivity contribution is 0.318. The topological polar surface area (TPSA) is 87.6 Å². The summed E-state index contributed by atoms with van der Waals surface area (Å²) in [7, 11) is 1.93. The van der Waals surface area contributed by atoms with Gasteiger partial charge in [0.1, 0.15) is 11.5 Å². The molecule has 3 N–H and O–H groups in total. The predicted molar refractivity (Wildman–Crippen MR) is 58.1 cm³/mol. The molecule has 0 saturated heterocycles. The maximum atomic E-state index is 8.44. The van der Waals surface area contributed by atoms with Gasteiger partial charge in [-0.25, -0.2) is 9.97 Å². The van der Waals surface area contributed by atoms with E-state index in [9.17, 15) is 0 Å². The monoisotopic (exact) mass is 209 g/mol. The minimum Gasteiger partial charge on any atom is -0.409 e. The second-order valence-corrected chi connectivity index (χ2v) is 3.45. The molecule has 0 bridgehead atoms. The average Bonchev–Trinajstić information content (AvgIpc) is 2.27. The van der Waals surface area contributed by atoms with Crippen molar-refractivity contribution in [1.29, 1.82) is 0 Å². The molecule has 0 spiro atoms. The number of nitrogens with zero attached hydrogens (tertiary/aromatic N) is 4. The number of rotatable bonds is 3. The third-order valence-electron chi connectivity index (χ3n) is 2.14. The van der Waals surface area contributed by atoms with E-state index in [0.29, 0.717) is 11.7 Å². The molecule has 6 heteroatoms. The number of anilines is 1. The van der Waals surface area contributed by atoms with E-state index in [1.54, 1.807) is 6.20 Å². The first-order valence-electron chi connectivity index (χ1n) is 4.59. The van der Waals surface area contributed by atoms with Gasteiger partial charge in [0.05, 0.1) is 12.4 Å². The number of nitrogens with two attached hydrogens (primary N) is 1. The van der Waals surface area contributed by atoms with Crippen LogP contribution in [0, 0.1) is 0 Å². The average molecular weight is 209 g/mol. The largest absolute Gasteiger partial charge is 0.409 e. The number of amidine groups is 1. The molecule has 0 aliphatic carbocycles. The zero-order valence-electron chi connectivity index (χ0n) is 9.05. The molecule has 0 fully saturated rings. The van der Waals surface area contributed by atoms with Crippen LogP contribution in [0.3, 0.4) is 0 Å². The Morgan fingerprint density at radius 2 is 2.13 bits per heavy atom. The molecule has 0 unspecified atom stereocenters. The molecule has 0 atom stereocenters. The Hall–Kier alpha value is -1.85. The fourth-order valence-corrected chi connectivity index (χ4v) is 0.951. The molecule has 82 valence electrons. The summed E-state index contributed by atoms with van der Waals surface area (Å²) >= 11 is 0. The van der Waals surface area contributed by atoms with E-state index in [0.717, 1.165) is 5.82 Å². The summed E-state index contributed by atoms with van der Waals surface area (Å²) in [5.41, 5.74) is 5.72. The van der Waals surface area contributed by atoms with Crippen molar-refractivity contribution in [3.8, 4) is 0 Å². The number of hydrogen-bond donors (Lipinski definition) is 2. The van der Waals surface area contributed by atoms with Crippen LogP contribution in [0.25, 0.3) is 0 Å². The summed E-state index contributed by atoms with van der Waals surface area (Å²) in [6, 6.07) is 0.342. The molecular formula is C9H15N5O. The summed E-state index contributed by atoms with van der Waals surface area (Å²) in [5.74, 6) is 0.709. The van der Waals surface area contributed by atoms with Crippen molar-refractivity contribution in [2.75, 3.05) is 11.9 Å². The van der Waals surface area contributed by atoms with Crippen LogP contribution in [0.5, 0.6) is 0 Å². The first kappa shape index (κ1) is 11.2. The summed E-state index contributed by atoms with van der Waals surface area (Å²) in [5, 5.41) is 11.3. The summed E-state index contributed by atoms with van der Waals surface area (Å²) in [4.78, 5) is 10.2. The van der Waals surface area contributed by atoms with Crippen molar-refractivity contribution in [1.82, 2.24) is 9.97 Å². The first-order valence-corrected chi connectivity index (χ1v) is 4.59. The Balaban J connectivity index is 2.90. The zero-order chi connectivity index (χ0) is 11.4. The summed E-state index contributed by atoms with van der Waals surface area (Å²) < 4.78 is 0. The highest BCUT2D eigenvalue weighted by Gasteiger charge is 2.07. The van der Waals surface area contributed by atoms with E-state index in [2.05, 4.69) is 29.0 Å². The number of oxime groups is 1. The molecule has 1 rings (SSSR count). The molecule has 0 amide bonds. The molecule has 1 heterocycles. The normalized spacial score (nSPS) is 11.9. The van der Waals surface area contributed by atoms with Gasteiger partial charge in [0.25, 0.3) is 0 Å². The van der Waals surface area contributed by atoms with Crippen LogP contribution in [0.1, 0.15) is 19.5 Å². The molecule has 1 aromatic heterocycles. The fourth-order valence-electron chi connectivity index (χ4n) is 0.951. The van der Waals surface area contributed by atoms with Crippen molar-refractivity contribution in [2.45, 2.75) is 19.9 Å². The molecule has 0 saturated carbocycles. The van der Waals surface area contributed by atoms with Crippen molar-refractivity contribution < 1.29 is 5.21 Å². The van der Waals surface area contributed by atoms with Gasteiger partial charge in [-0.05, 0) is 13.8 Å². The smallest absolute Gasteiger partial charge is 0.190 e. The van der Waals surface area contributed by atoms with Crippen molar-refractivity contribution in [2.24, 2.45) is 10.9 Å². The Bertz CT molecular complexity index is 346. The van der Waals surface area contributed by atoms with Crippen LogP contribution >= 0.6 is 0 Å². The van der Waals surface area contributed by atoms with Crippen LogP contribution < -0.4 is 10.6 Å². The van der Waals surface area contributed by atoms with Crippen LogP contribution in [-0.2, 0) is 0 Å². The third kappa shape index (κ3) is 2.55. The van der Waals surface area contributed by atoms with Crippen LogP contribution in [-0.4, -0.2) is 34.1 Å². The quantitative estimate of drug-likeness (QED) is 0.326. The number of hydrogen-bond acceptors (Lipinski definition) is 5. The van der Waals surface area contributed by atoms with Gasteiger partial charge in [-0.1, -0.05) is 5.16 Å². The van der Waals surface area contributed by atoms with Crippen molar-refractivity contribution in [3.63, 3.8) is 0 Å². The van der Waals surface area contributed by atoms with E-state index < -0.39 is 0 Å². The van der Waals surface area contributed by atoms with Gasteiger partial charge >= 0.3 is 0 Å². The standard InChI is InChI=1S/C9H15N5O/c1-6(2)14(3)8-5-11-7(4-12-8)9(10)13-15/h4-6,15H,1-3H3,(H2,10,13). The highest BCUT2D eigenvalue weighted by atomic mass is 16.4. The van der Waals surface area contributed by atoms with Gasteiger partial charge in [0.15, 0.2) is 5.84 Å². The molecular weight excluding hydrogens is 194 g/mol. The van der Waals surface area contributed by atoms with E-state index >= 15 is 0 Å². The highest BCUT2D eigenvalue weighted by molar-refractivity contribution is 5.94. The molecule has 15 heavy (non-hydrogen) atoms. The van der Waals surface area contributed by atoms with E-state index in [1.165, 1.54) is 6.20 Å². The Labute approximate surface area is 88.4 Å². The van der Waals surface area contributed by atoms with Crippen LogP contribution in [0.2, 0.25) is 0 Å². The van der Waals surface area contributed by atoms with Gasteiger partial charge < -0.3 is 15.8 Å². The minimum absolute atomic E-state index is 0.0405. The first-order chi connectivity index (χ1) is 7.06. The van der Waals surface area contributed by atoms with Gasteiger partial charge in [-0.2, -0.15) is 0 Å². The second kappa shape index (κ2) is 4.59. The predicted octanol–water partition coefficient (Wildman–Crippen LogP) is 0.416. The van der Waals surface area contributed by atoms with E-state index in [4.69, 9.17) is 10.9 Å². The second-order valence-electron chi connectivity index (χ2n) is 3.45. The van der Waals surface area contributed by atoms with Gasteiger partial charge in [-0.15, -0.1) is 0 Å². The Morgan fingerprint density at radius 1 is 1.47 bits per heavy atom. The van der Waals surface area contributed by atoms with Gasteiger partial charge in [0, 0.05) is 13.1 Å². The highest BCUT2D eigenvalue weighted by Crippen LogP contribution is 2.09. The molecule has 6 nitrogen and oxygen atoms in total. The van der Waals surface area contributed by atoms with Crippen molar-refractivity contribution >= 4 is 11.7 Å². The Morgan fingerprint density at radius 3 is 2.53 bits per heavy atom. The van der Waals surface area contributed by atoms with Crippen LogP contribution in [0.4, 0.5) is 5.82 Å². The minimum atomic E-state index is -0.0405. The Kier molecular flexibility index (Phi) is 3.43. The maximum absolute atomic E-state index is 8.44. The maximum Gasteiger partial charge on any atom is 0.190 e. The zero-order valence-corrected chi connectivity index (χ0v) is 9.05. The molecule has 0 aromatic carbocycles. The molecule has 1 aromatic rings. The van der Waals surface area contributed by atoms with Crippen LogP contribution in [0.15, 0.2) is 17.5 Å². The van der Waals surface area contributed by atoms with E-state index in [-0.39, 0.29) is 5.84 Å². The summed E-state index contributed by atoms with van der Waals surface area (Å²) in [6.45, 7) is 4.11. The summed E-state index contributed by atoms with van der Waals surface area (Å²) in [6.07, 6.45) is 3.07.